The molecular weight excluding hydrogens is 220 g/mol. The third-order valence-electron chi connectivity index (χ3n) is 4.26. The quantitative estimate of drug-likeness (QED) is 0.860. The van der Waals surface area contributed by atoms with Crippen LogP contribution in [0.2, 0.25) is 0 Å². The summed E-state index contributed by atoms with van der Waals surface area (Å²) in [6.07, 6.45) is 6.81. The number of fused-ring (bicyclic) bond motifs is 1. The molecule has 0 radical (unpaired) electrons. The predicted molar refractivity (Wildman–Crippen MR) is 75.6 cm³/mol. The predicted octanol–water partition coefficient (Wildman–Crippen LogP) is 2.71. The molecule has 0 saturated carbocycles. The molecule has 2 aliphatic heterocycles. The lowest BCUT2D eigenvalue weighted by molar-refractivity contribution is 0.277. The molecular formula is C16H24N2. The fourth-order valence-electron chi connectivity index (χ4n) is 3.18. The Kier molecular flexibility index (Phi) is 3.96. The second kappa shape index (κ2) is 5.85. The van der Waals surface area contributed by atoms with E-state index < -0.39 is 0 Å². The van der Waals surface area contributed by atoms with Crippen molar-refractivity contribution in [1.82, 2.24) is 10.2 Å². The fourth-order valence-corrected chi connectivity index (χ4v) is 3.18. The SMILES string of the molecule is c1cc2c(cc1CN1CCCCCC1)CCNC2. The molecule has 1 N–H and O–H groups in total. The van der Waals surface area contributed by atoms with Crippen LogP contribution in [0.3, 0.4) is 0 Å². The number of nitrogens with one attached hydrogen (secondary N) is 1. The number of benzene rings is 1. The van der Waals surface area contributed by atoms with Crippen LogP contribution in [0.5, 0.6) is 0 Å². The van der Waals surface area contributed by atoms with Crippen molar-refractivity contribution in [3.8, 4) is 0 Å². The Morgan fingerprint density at radius 1 is 1.00 bits per heavy atom. The highest BCUT2D eigenvalue weighted by molar-refractivity contribution is 5.33. The summed E-state index contributed by atoms with van der Waals surface area (Å²) in [4.78, 5) is 2.63. The Hall–Kier alpha value is -0.860. The summed E-state index contributed by atoms with van der Waals surface area (Å²) in [7, 11) is 0. The van der Waals surface area contributed by atoms with Crippen LogP contribution in [-0.4, -0.2) is 24.5 Å². The third kappa shape index (κ3) is 2.93. The van der Waals surface area contributed by atoms with Crippen molar-refractivity contribution in [3.05, 3.63) is 34.9 Å². The van der Waals surface area contributed by atoms with Crippen molar-refractivity contribution in [3.63, 3.8) is 0 Å². The summed E-state index contributed by atoms with van der Waals surface area (Å²) >= 11 is 0. The van der Waals surface area contributed by atoms with Crippen molar-refractivity contribution < 1.29 is 0 Å². The standard InChI is InChI=1S/C16H24N2/c1-2-4-10-18(9-3-1)13-14-5-6-16-12-17-8-7-15(16)11-14/h5-6,11,17H,1-4,7-10,12-13H2. The van der Waals surface area contributed by atoms with Crippen molar-refractivity contribution in [1.29, 1.82) is 0 Å². The first-order chi connectivity index (χ1) is 8.92. The first-order valence-electron chi connectivity index (χ1n) is 7.45. The van der Waals surface area contributed by atoms with E-state index in [1.807, 2.05) is 0 Å². The number of hydrogen-bond donors (Lipinski definition) is 1. The normalized spacial score (nSPS) is 21.3. The molecule has 0 amide bonds. The molecule has 1 fully saturated rings. The molecule has 2 nitrogen and oxygen atoms in total. The zero-order valence-corrected chi connectivity index (χ0v) is 11.3. The van der Waals surface area contributed by atoms with Crippen LogP contribution in [0.15, 0.2) is 18.2 Å². The zero-order valence-electron chi connectivity index (χ0n) is 11.3. The Balaban J connectivity index is 1.68. The van der Waals surface area contributed by atoms with Gasteiger partial charge in [-0.15, -0.1) is 0 Å². The van der Waals surface area contributed by atoms with Crippen LogP contribution in [0.25, 0.3) is 0 Å². The highest BCUT2D eigenvalue weighted by Crippen LogP contribution is 2.18. The maximum atomic E-state index is 3.44. The van der Waals surface area contributed by atoms with Gasteiger partial charge in [-0.1, -0.05) is 31.0 Å². The Morgan fingerprint density at radius 2 is 1.83 bits per heavy atom. The van der Waals surface area contributed by atoms with Crippen LogP contribution in [-0.2, 0) is 19.5 Å². The topological polar surface area (TPSA) is 15.3 Å². The lowest BCUT2D eigenvalue weighted by Gasteiger charge is -2.22. The maximum Gasteiger partial charge on any atom is 0.0233 e. The van der Waals surface area contributed by atoms with Gasteiger partial charge >= 0.3 is 0 Å². The van der Waals surface area contributed by atoms with E-state index in [0.717, 1.165) is 19.6 Å². The van der Waals surface area contributed by atoms with Gasteiger partial charge in [-0.05, 0) is 55.6 Å². The van der Waals surface area contributed by atoms with Gasteiger partial charge in [-0.2, -0.15) is 0 Å². The highest BCUT2D eigenvalue weighted by atomic mass is 15.1. The van der Waals surface area contributed by atoms with E-state index in [9.17, 15) is 0 Å². The van der Waals surface area contributed by atoms with Gasteiger partial charge in [0, 0.05) is 13.1 Å². The van der Waals surface area contributed by atoms with E-state index in [2.05, 4.69) is 28.4 Å². The van der Waals surface area contributed by atoms with E-state index >= 15 is 0 Å². The van der Waals surface area contributed by atoms with E-state index in [4.69, 9.17) is 0 Å². The van der Waals surface area contributed by atoms with Gasteiger partial charge in [0.25, 0.3) is 0 Å². The van der Waals surface area contributed by atoms with Gasteiger partial charge in [0.15, 0.2) is 0 Å². The average molecular weight is 244 g/mol. The number of nitrogens with zero attached hydrogens (tertiary/aromatic N) is 1. The second-order valence-corrected chi connectivity index (χ2v) is 5.72. The molecule has 2 heteroatoms. The van der Waals surface area contributed by atoms with Gasteiger partial charge in [-0.3, -0.25) is 4.90 Å². The molecule has 18 heavy (non-hydrogen) atoms. The zero-order chi connectivity index (χ0) is 12.2. The smallest absolute Gasteiger partial charge is 0.0233 e. The molecule has 1 aromatic rings. The Morgan fingerprint density at radius 3 is 2.67 bits per heavy atom. The van der Waals surface area contributed by atoms with Crippen LogP contribution < -0.4 is 5.32 Å². The highest BCUT2D eigenvalue weighted by Gasteiger charge is 2.12. The van der Waals surface area contributed by atoms with Crippen molar-refractivity contribution in [2.75, 3.05) is 19.6 Å². The van der Waals surface area contributed by atoms with Crippen LogP contribution in [0.1, 0.15) is 42.4 Å². The number of likely N-dealkylation sites (tertiary alicyclic amines) is 1. The molecule has 0 aromatic heterocycles. The lowest BCUT2D eigenvalue weighted by atomic mass is 9.98. The minimum Gasteiger partial charge on any atom is -0.312 e. The number of hydrogen-bond acceptors (Lipinski definition) is 2. The summed E-state index contributed by atoms with van der Waals surface area (Å²) < 4.78 is 0. The van der Waals surface area contributed by atoms with Crippen molar-refractivity contribution in [2.24, 2.45) is 0 Å². The van der Waals surface area contributed by atoms with E-state index in [1.165, 1.54) is 56.3 Å². The van der Waals surface area contributed by atoms with Crippen LogP contribution in [0.4, 0.5) is 0 Å². The summed E-state index contributed by atoms with van der Waals surface area (Å²) in [5.74, 6) is 0. The van der Waals surface area contributed by atoms with Gasteiger partial charge < -0.3 is 5.32 Å². The molecule has 98 valence electrons. The summed E-state index contributed by atoms with van der Waals surface area (Å²) in [6.45, 7) is 5.93. The van der Waals surface area contributed by atoms with Crippen LogP contribution in [0, 0.1) is 0 Å². The second-order valence-electron chi connectivity index (χ2n) is 5.72. The molecule has 0 bridgehead atoms. The molecule has 0 spiro atoms. The first-order valence-corrected chi connectivity index (χ1v) is 7.45. The molecule has 3 rings (SSSR count). The molecule has 1 saturated heterocycles. The summed E-state index contributed by atoms with van der Waals surface area (Å²) in [5, 5.41) is 3.44. The average Bonchev–Trinajstić information content (AvgIpc) is 2.67. The van der Waals surface area contributed by atoms with Gasteiger partial charge in [0.05, 0.1) is 0 Å². The summed E-state index contributed by atoms with van der Waals surface area (Å²) in [6, 6.07) is 7.10. The van der Waals surface area contributed by atoms with Crippen molar-refractivity contribution in [2.45, 2.75) is 45.2 Å². The minimum atomic E-state index is 1.05. The third-order valence-corrected chi connectivity index (χ3v) is 4.26. The molecule has 2 aliphatic rings. The summed E-state index contributed by atoms with van der Waals surface area (Å²) in [5.41, 5.74) is 4.58. The molecule has 0 atom stereocenters. The molecule has 0 unspecified atom stereocenters. The fraction of sp³-hybridized carbons (Fsp3) is 0.625. The van der Waals surface area contributed by atoms with E-state index in [-0.39, 0.29) is 0 Å². The van der Waals surface area contributed by atoms with Gasteiger partial charge in [0.2, 0.25) is 0 Å². The Bertz CT molecular complexity index is 392. The van der Waals surface area contributed by atoms with E-state index in [0.29, 0.717) is 0 Å². The monoisotopic (exact) mass is 244 g/mol. The van der Waals surface area contributed by atoms with Gasteiger partial charge in [0.1, 0.15) is 0 Å². The first kappa shape index (κ1) is 12.2. The lowest BCUT2D eigenvalue weighted by Crippen LogP contribution is -2.25. The minimum absolute atomic E-state index is 1.05. The van der Waals surface area contributed by atoms with Crippen molar-refractivity contribution >= 4 is 0 Å². The number of rotatable bonds is 2. The molecule has 1 aromatic carbocycles. The van der Waals surface area contributed by atoms with Gasteiger partial charge in [-0.25, -0.2) is 0 Å². The largest absolute Gasteiger partial charge is 0.312 e. The Labute approximate surface area is 110 Å². The van der Waals surface area contributed by atoms with E-state index in [1.54, 1.807) is 5.56 Å². The molecule has 2 heterocycles. The maximum absolute atomic E-state index is 3.44. The molecule has 0 aliphatic carbocycles. The van der Waals surface area contributed by atoms with Crippen LogP contribution >= 0.6 is 0 Å².